The molecule has 0 aliphatic rings. The van der Waals surface area contributed by atoms with Crippen molar-refractivity contribution in [1.29, 1.82) is 0 Å². The second-order valence-electron chi connectivity index (χ2n) is 16.2. The molecule has 0 saturated heterocycles. The predicted molar refractivity (Wildman–Crippen MR) is 266 cm³/mol. The number of para-hydroxylation sites is 3. The van der Waals surface area contributed by atoms with Crippen molar-refractivity contribution in [2.45, 2.75) is 0 Å². The molecule has 4 heteroatoms. The molecule has 0 saturated carbocycles. The highest BCUT2D eigenvalue weighted by atomic mass is 32.1. The molecule has 0 fully saturated rings. The highest BCUT2D eigenvalue weighted by Gasteiger charge is 2.19. The van der Waals surface area contributed by atoms with E-state index in [2.05, 4.69) is 238 Å². The summed E-state index contributed by atoms with van der Waals surface area (Å²) in [5.74, 6) is 0. The number of nitrogens with zero attached hydrogens (tertiary/aromatic N) is 3. The smallest absolute Gasteiger partial charge is 0.0561 e. The van der Waals surface area contributed by atoms with Crippen LogP contribution in [0.25, 0.3) is 97.1 Å². The Morgan fingerprint density at radius 1 is 0.290 bits per heavy atom. The first-order chi connectivity index (χ1) is 30.7. The molecule has 0 spiro atoms. The number of aromatic nitrogens is 2. The molecule has 0 aliphatic carbocycles. The lowest BCUT2D eigenvalue weighted by molar-refractivity contribution is 1.18. The van der Waals surface area contributed by atoms with Crippen LogP contribution < -0.4 is 4.90 Å². The Morgan fingerprint density at radius 2 is 0.774 bits per heavy atom. The van der Waals surface area contributed by atoms with Crippen molar-refractivity contribution in [3.8, 4) is 22.5 Å². The van der Waals surface area contributed by atoms with Crippen molar-refractivity contribution >= 4 is 103 Å². The zero-order valence-electron chi connectivity index (χ0n) is 33.6. The number of thiophene rings is 1. The van der Waals surface area contributed by atoms with E-state index in [-0.39, 0.29) is 0 Å². The maximum Gasteiger partial charge on any atom is 0.0561 e. The van der Waals surface area contributed by atoms with Crippen molar-refractivity contribution < 1.29 is 0 Å². The van der Waals surface area contributed by atoms with Crippen LogP contribution in [-0.2, 0) is 0 Å². The van der Waals surface area contributed by atoms with Gasteiger partial charge in [0.1, 0.15) is 0 Å². The van der Waals surface area contributed by atoms with E-state index in [1.54, 1.807) is 0 Å². The Bertz CT molecular complexity index is 3850. The molecule has 3 aromatic heterocycles. The topological polar surface area (TPSA) is 13.1 Å². The maximum atomic E-state index is 2.41. The Balaban J connectivity index is 0.928. The standard InChI is InChI=1S/C58H37N3S/c1-2-14-42(15-3-1)60-53-19-9-6-16-47(53)49-32-30-45(36-56(49)60)59(46-31-33-51-50-18-8-11-21-57(50)62-58(51)37-46)43-26-22-38(23-27-43)39-24-28-44(29-25-39)61-54-20-10-7-17-48(54)52-34-40-12-4-5-13-41(40)35-55(52)61/h1-37H. The lowest BCUT2D eigenvalue weighted by atomic mass is 10.0. The Morgan fingerprint density at radius 3 is 1.50 bits per heavy atom. The molecular formula is C58H37N3S. The zero-order chi connectivity index (χ0) is 40.7. The predicted octanol–water partition coefficient (Wildman–Crippen LogP) is 16.5. The average molecular weight is 808 g/mol. The van der Waals surface area contributed by atoms with Gasteiger partial charge < -0.3 is 14.0 Å². The van der Waals surface area contributed by atoms with Crippen LogP contribution in [0.2, 0.25) is 0 Å². The summed E-state index contributed by atoms with van der Waals surface area (Å²) in [6.45, 7) is 0. The van der Waals surface area contributed by atoms with Gasteiger partial charge in [0.25, 0.3) is 0 Å². The fourth-order valence-corrected chi connectivity index (χ4v) is 10.9. The number of hydrogen-bond donors (Lipinski definition) is 0. The summed E-state index contributed by atoms with van der Waals surface area (Å²) in [5, 5.41) is 10.1. The summed E-state index contributed by atoms with van der Waals surface area (Å²) in [6, 6.07) is 82.2. The van der Waals surface area contributed by atoms with E-state index in [1.807, 2.05) is 11.3 Å². The van der Waals surface area contributed by atoms with Crippen LogP contribution in [0, 0.1) is 0 Å². The summed E-state index contributed by atoms with van der Waals surface area (Å²) in [4.78, 5) is 2.41. The molecule has 3 heterocycles. The molecule has 0 amide bonds. The first-order valence-electron chi connectivity index (χ1n) is 21.2. The second kappa shape index (κ2) is 13.8. The van der Waals surface area contributed by atoms with Crippen LogP contribution in [0.1, 0.15) is 0 Å². The molecule has 0 bridgehead atoms. The monoisotopic (exact) mass is 807 g/mol. The van der Waals surface area contributed by atoms with E-state index in [4.69, 9.17) is 0 Å². The number of benzene rings is 10. The molecule has 3 nitrogen and oxygen atoms in total. The lowest BCUT2D eigenvalue weighted by Gasteiger charge is -2.26. The average Bonchev–Trinajstić information content (AvgIpc) is 3.98. The summed E-state index contributed by atoms with van der Waals surface area (Å²) < 4.78 is 7.39. The molecule has 0 aliphatic heterocycles. The largest absolute Gasteiger partial charge is 0.310 e. The minimum atomic E-state index is 1.10. The van der Waals surface area contributed by atoms with Gasteiger partial charge in [-0.3, -0.25) is 0 Å². The summed E-state index contributed by atoms with van der Waals surface area (Å²) in [6.07, 6.45) is 0. The van der Waals surface area contributed by atoms with Crippen LogP contribution in [0.3, 0.4) is 0 Å². The minimum Gasteiger partial charge on any atom is -0.310 e. The molecule has 0 N–H and O–H groups in total. The molecule has 10 aromatic carbocycles. The van der Waals surface area contributed by atoms with E-state index in [9.17, 15) is 0 Å². The summed E-state index contributed by atoms with van der Waals surface area (Å²) in [7, 11) is 0. The van der Waals surface area contributed by atoms with Gasteiger partial charge in [-0.15, -0.1) is 11.3 Å². The molecular weight excluding hydrogens is 771 g/mol. The van der Waals surface area contributed by atoms with Gasteiger partial charge in [0, 0.05) is 70.2 Å². The van der Waals surface area contributed by atoms with Crippen molar-refractivity contribution in [3.63, 3.8) is 0 Å². The highest BCUT2D eigenvalue weighted by Crippen LogP contribution is 2.43. The molecule has 0 unspecified atom stereocenters. The highest BCUT2D eigenvalue weighted by molar-refractivity contribution is 7.25. The Kier molecular flexibility index (Phi) is 7.78. The van der Waals surface area contributed by atoms with E-state index in [0.717, 1.165) is 28.4 Å². The molecule has 13 rings (SSSR count). The first-order valence-corrected chi connectivity index (χ1v) is 22.0. The molecule has 0 radical (unpaired) electrons. The third kappa shape index (κ3) is 5.44. The Labute approximate surface area is 362 Å². The number of anilines is 3. The zero-order valence-corrected chi connectivity index (χ0v) is 34.4. The van der Waals surface area contributed by atoms with E-state index >= 15 is 0 Å². The maximum absolute atomic E-state index is 2.41. The number of rotatable bonds is 6. The van der Waals surface area contributed by atoms with Gasteiger partial charge in [-0.05, 0) is 113 Å². The third-order valence-corrected chi connectivity index (χ3v) is 13.8. The Hall–Kier alpha value is -7.92. The van der Waals surface area contributed by atoms with Crippen LogP contribution in [-0.4, -0.2) is 9.13 Å². The van der Waals surface area contributed by atoms with Crippen molar-refractivity contribution in [3.05, 3.63) is 224 Å². The minimum absolute atomic E-state index is 1.10. The number of fused-ring (bicyclic) bond motifs is 10. The van der Waals surface area contributed by atoms with Gasteiger partial charge in [-0.2, -0.15) is 0 Å². The van der Waals surface area contributed by atoms with Crippen LogP contribution in [0.4, 0.5) is 17.1 Å². The quantitative estimate of drug-likeness (QED) is 0.163. The van der Waals surface area contributed by atoms with Gasteiger partial charge in [-0.25, -0.2) is 0 Å². The van der Waals surface area contributed by atoms with Crippen molar-refractivity contribution in [2.75, 3.05) is 4.90 Å². The lowest BCUT2D eigenvalue weighted by Crippen LogP contribution is -2.10. The van der Waals surface area contributed by atoms with Crippen molar-refractivity contribution in [1.82, 2.24) is 9.13 Å². The van der Waals surface area contributed by atoms with E-state index in [0.29, 0.717) is 0 Å². The molecule has 13 aromatic rings. The fourth-order valence-electron chi connectivity index (χ4n) is 9.79. The van der Waals surface area contributed by atoms with Gasteiger partial charge in [0.2, 0.25) is 0 Å². The van der Waals surface area contributed by atoms with Gasteiger partial charge in [0.15, 0.2) is 0 Å². The van der Waals surface area contributed by atoms with E-state index < -0.39 is 0 Å². The summed E-state index contributed by atoms with van der Waals surface area (Å²) in [5.41, 5.74) is 12.8. The molecule has 0 atom stereocenters. The van der Waals surface area contributed by atoms with Crippen LogP contribution in [0.5, 0.6) is 0 Å². The van der Waals surface area contributed by atoms with Crippen LogP contribution >= 0.6 is 11.3 Å². The SMILES string of the molecule is c1ccc(-n2c3ccccc3c3ccc(N(c4ccc(-c5ccc(-n6c7ccccc7c7cc8ccccc8cc76)cc5)cc4)c4ccc5c(c4)sc4ccccc45)cc32)cc1. The normalized spacial score (nSPS) is 11.9. The van der Waals surface area contributed by atoms with Gasteiger partial charge >= 0.3 is 0 Å². The third-order valence-electron chi connectivity index (χ3n) is 12.7. The van der Waals surface area contributed by atoms with Gasteiger partial charge in [-0.1, -0.05) is 133 Å². The molecule has 290 valence electrons. The van der Waals surface area contributed by atoms with Crippen molar-refractivity contribution in [2.24, 2.45) is 0 Å². The number of hydrogen-bond acceptors (Lipinski definition) is 2. The van der Waals surface area contributed by atoms with Crippen LogP contribution in [0.15, 0.2) is 224 Å². The molecule has 62 heavy (non-hydrogen) atoms. The first kappa shape index (κ1) is 34.9. The second-order valence-corrected chi connectivity index (χ2v) is 17.3. The summed E-state index contributed by atoms with van der Waals surface area (Å²) >= 11 is 1.86. The van der Waals surface area contributed by atoms with Gasteiger partial charge in [0.05, 0.1) is 22.1 Å². The fraction of sp³-hybridized carbons (Fsp3) is 0. The van der Waals surface area contributed by atoms with E-state index in [1.165, 1.54) is 85.7 Å².